The third-order valence-corrected chi connectivity index (χ3v) is 6.43. The zero-order valence-electron chi connectivity index (χ0n) is 15.4. The Hall–Kier alpha value is -1.69. The monoisotopic (exact) mass is 343 g/mol. The molecule has 1 aromatic heterocycles. The van der Waals surface area contributed by atoms with Gasteiger partial charge in [-0.3, -0.25) is 4.79 Å². The number of aromatic nitrogens is 2. The van der Waals surface area contributed by atoms with Crippen LogP contribution in [0.5, 0.6) is 0 Å². The number of likely N-dealkylation sites (tertiary alicyclic amines) is 2. The summed E-state index contributed by atoms with van der Waals surface area (Å²) < 4.78 is 0. The van der Waals surface area contributed by atoms with Crippen LogP contribution in [0.15, 0.2) is 12.1 Å². The zero-order chi connectivity index (χ0) is 17.4. The molecule has 0 bridgehead atoms. The van der Waals surface area contributed by atoms with Crippen LogP contribution in [0.3, 0.4) is 0 Å². The van der Waals surface area contributed by atoms with Crippen molar-refractivity contribution in [3.05, 3.63) is 17.8 Å². The van der Waals surface area contributed by atoms with E-state index in [1.807, 2.05) is 13.0 Å². The summed E-state index contributed by atoms with van der Waals surface area (Å²) in [6.07, 6.45) is 5.20. The van der Waals surface area contributed by atoms with Gasteiger partial charge in [0.05, 0.1) is 5.69 Å². The van der Waals surface area contributed by atoms with Gasteiger partial charge in [-0.2, -0.15) is 5.10 Å². The second kappa shape index (κ2) is 6.56. The molecule has 3 fully saturated rings. The Bertz CT molecular complexity index is 623. The number of carbonyl (C=O) groups is 1. The minimum absolute atomic E-state index is 0.309. The molecule has 1 unspecified atom stereocenters. The third kappa shape index (κ3) is 3.36. The summed E-state index contributed by atoms with van der Waals surface area (Å²) >= 11 is 0. The second-order valence-corrected chi connectivity index (χ2v) is 8.25. The van der Waals surface area contributed by atoms with E-state index in [1.165, 1.54) is 0 Å². The van der Waals surface area contributed by atoms with Crippen LogP contribution in [-0.2, 0) is 4.79 Å². The van der Waals surface area contributed by atoms with Crippen LogP contribution in [0.2, 0.25) is 0 Å². The molecule has 0 radical (unpaired) electrons. The van der Waals surface area contributed by atoms with Gasteiger partial charge in [0.15, 0.2) is 5.82 Å². The molecule has 136 valence electrons. The van der Waals surface area contributed by atoms with E-state index in [0.717, 1.165) is 76.3 Å². The maximum absolute atomic E-state index is 12.5. The highest BCUT2D eigenvalue weighted by Crippen LogP contribution is 2.42. The normalized spacial score (nSPS) is 27.3. The predicted molar refractivity (Wildman–Crippen MR) is 97.5 cm³/mol. The number of amides is 1. The molecule has 25 heavy (non-hydrogen) atoms. The van der Waals surface area contributed by atoms with Crippen molar-refractivity contribution in [2.75, 3.05) is 44.7 Å². The molecule has 1 amide bonds. The van der Waals surface area contributed by atoms with Crippen molar-refractivity contribution in [1.82, 2.24) is 20.0 Å². The molecule has 0 aromatic carbocycles. The fourth-order valence-electron chi connectivity index (χ4n) is 4.72. The number of aryl methyl sites for hydroxylation is 1. The fraction of sp³-hybridized carbons (Fsp3) is 0.737. The molecule has 3 aliphatic rings. The van der Waals surface area contributed by atoms with Crippen LogP contribution in [0.1, 0.15) is 37.8 Å². The van der Waals surface area contributed by atoms with Gasteiger partial charge >= 0.3 is 0 Å². The van der Waals surface area contributed by atoms with Crippen LogP contribution in [0.25, 0.3) is 0 Å². The molecule has 6 heteroatoms. The Morgan fingerprint density at radius 1 is 1.12 bits per heavy atom. The van der Waals surface area contributed by atoms with Gasteiger partial charge in [-0.15, -0.1) is 5.10 Å². The van der Waals surface area contributed by atoms with Crippen LogP contribution in [-0.4, -0.2) is 71.7 Å². The maximum atomic E-state index is 12.5. The van der Waals surface area contributed by atoms with E-state index in [4.69, 9.17) is 0 Å². The molecule has 3 saturated heterocycles. The molecular formula is C19H29N5O. The number of piperidine rings is 2. The van der Waals surface area contributed by atoms with E-state index in [1.54, 1.807) is 0 Å². The molecule has 3 aliphatic heterocycles. The number of rotatable bonds is 2. The maximum Gasteiger partial charge on any atom is 0.222 e. The Balaban J connectivity index is 1.41. The van der Waals surface area contributed by atoms with Gasteiger partial charge in [-0.1, -0.05) is 0 Å². The summed E-state index contributed by atoms with van der Waals surface area (Å²) in [5.41, 5.74) is 1.27. The number of nitrogens with zero attached hydrogens (tertiary/aromatic N) is 5. The molecule has 4 heterocycles. The van der Waals surface area contributed by atoms with Gasteiger partial charge in [-0.05, 0) is 63.7 Å². The van der Waals surface area contributed by atoms with E-state index in [9.17, 15) is 4.79 Å². The summed E-state index contributed by atoms with van der Waals surface area (Å²) in [5, 5.41) is 8.53. The number of likely N-dealkylation sites (N-methyl/N-ethyl adjacent to an activating group) is 1. The van der Waals surface area contributed by atoms with Crippen molar-refractivity contribution in [3.63, 3.8) is 0 Å². The average Bonchev–Trinajstić information content (AvgIpc) is 3.05. The predicted octanol–water partition coefficient (Wildman–Crippen LogP) is 1.70. The van der Waals surface area contributed by atoms with Gasteiger partial charge in [0, 0.05) is 38.6 Å². The highest BCUT2D eigenvalue weighted by molar-refractivity contribution is 5.77. The SMILES string of the molecule is Cc1ccc(N2CCC3(CCC(=O)N(C4CCN(C)C4)C3)CC2)nn1. The molecule has 6 nitrogen and oxygen atoms in total. The molecule has 0 aliphatic carbocycles. The van der Waals surface area contributed by atoms with Crippen LogP contribution in [0.4, 0.5) is 5.82 Å². The van der Waals surface area contributed by atoms with E-state index in [-0.39, 0.29) is 0 Å². The fourth-order valence-corrected chi connectivity index (χ4v) is 4.72. The lowest BCUT2D eigenvalue weighted by Crippen LogP contribution is -2.55. The molecule has 0 saturated carbocycles. The Kier molecular flexibility index (Phi) is 4.40. The standard InChI is InChI=1S/C19H29N5O/c1-15-3-4-17(21-20-15)23-11-8-19(9-12-23)7-5-18(25)24(14-19)16-6-10-22(2)13-16/h3-4,16H,5-14H2,1-2H3. The van der Waals surface area contributed by atoms with E-state index >= 15 is 0 Å². The van der Waals surface area contributed by atoms with Gasteiger partial charge in [0.25, 0.3) is 0 Å². The first-order valence-corrected chi connectivity index (χ1v) is 9.58. The van der Waals surface area contributed by atoms with Crippen molar-refractivity contribution in [2.24, 2.45) is 5.41 Å². The van der Waals surface area contributed by atoms with Crippen molar-refractivity contribution in [2.45, 2.75) is 45.1 Å². The van der Waals surface area contributed by atoms with E-state index in [0.29, 0.717) is 17.4 Å². The van der Waals surface area contributed by atoms with Crippen molar-refractivity contribution >= 4 is 11.7 Å². The zero-order valence-corrected chi connectivity index (χ0v) is 15.4. The van der Waals surface area contributed by atoms with Gasteiger partial charge in [0.2, 0.25) is 5.91 Å². The lowest BCUT2D eigenvalue weighted by Gasteiger charge is -2.49. The summed E-state index contributed by atoms with van der Waals surface area (Å²) in [6.45, 7) is 7.11. The average molecular weight is 343 g/mol. The van der Waals surface area contributed by atoms with Crippen LogP contribution >= 0.6 is 0 Å². The number of carbonyl (C=O) groups excluding carboxylic acids is 1. The summed E-state index contributed by atoms with van der Waals surface area (Å²) in [5.74, 6) is 1.36. The molecule has 4 rings (SSSR count). The number of anilines is 1. The first-order valence-electron chi connectivity index (χ1n) is 9.58. The lowest BCUT2D eigenvalue weighted by molar-refractivity contribution is -0.141. The van der Waals surface area contributed by atoms with Gasteiger partial charge in [0.1, 0.15) is 0 Å². The van der Waals surface area contributed by atoms with Gasteiger partial charge < -0.3 is 14.7 Å². The highest BCUT2D eigenvalue weighted by atomic mass is 16.2. The van der Waals surface area contributed by atoms with E-state index < -0.39 is 0 Å². The Labute approximate surface area is 150 Å². The summed E-state index contributed by atoms with van der Waals surface area (Å²) in [4.78, 5) is 19.4. The van der Waals surface area contributed by atoms with Gasteiger partial charge in [-0.25, -0.2) is 0 Å². The van der Waals surface area contributed by atoms with Crippen LogP contribution in [0, 0.1) is 12.3 Å². The van der Waals surface area contributed by atoms with E-state index in [2.05, 4.69) is 38.0 Å². The van der Waals surface area contributed by atoms with Crippen LogP contribution < -0.4 is 4.90 Å². The van der Waals surface area contributed by atoms with Crippen molar-refractivity contribution in [3.8, 4) is 0 Å². The molecule has 1 spiro atoms. The highest BCUT2D eigenvalue weighted by Gasteiger charge is 2.43. The topological polar surface area (TPSA) is 52.6 Å². The Morgan fingerprint density at radius 2 is 1.92 bits per heavy atom. The molecule has 0 N–H and O–H groups in total. The second-order valence-electron chi connectivity index (χ2n) is 8.25. The minimum atomic E-state index is 0.309. The summed E-state index contributed by atoms with van der Waals surface area (Å²) in [7, 11) is 2.16. The minimum Gasteiger partial charge on any atom is -0.355 e. The third-order valence-electron chi connectivity index (χ3n) is 6.43. The lowest BCUT2D eigenvalue weighted by atomic mass is 9.72. The van der Waals surface area contributed by atoms with Crippen molar-refractivity contribution < 1.29 is 4.79 Å². The quantitative estimate of drug-likeness (QED) is 0.818. The van der Waals surface area contributed by atoms with Crippen molar-refractivity contribution in [1.29, 1.82) is 0 Å². The smallest absolute Gasteiger partial charge is 0.222 e. The summed E-state index contributed by atoms with van der Waals surface area (Å²) in [6, 6.07) is 4.53. The Morgan fingerprint density at radius 3 is 2.56 bits per heavy atom. The molecule has 1 aromatic rings. The molecule has 1 atom stereocenters. The first kappa shape index (κ1) is 16.8. The first-order chi connectivity index (χ1) is 12.0. The number of hydrogen-bond donors (Lipinski definition) is 0. The number of hydrogen-bond acceptors (Lipinski definition) is 5. The molecular weight excluding hydrogens is 314 g/mol. The largest absolute Gasteiger partial charge is 0.355 e.